The fourth-order valence-corrected chi connectivity index (χ4v) is 3.96. The van der Waals surface area contributed by atoms with Crippen molar-refractivity contribution in [3.8, 4) is 11.5 Å². The summed E-state index contributed by atoms with van der Waals surface area (Å²) in [5.74, 6) is 0.350. The van der Waals surface area contributed by atoms with Gasteiger partial charge >= 0.3 is 11.6 Å². The average Bonchev–Trinajstić information content (AvgIpc) is 3.11. The highest BCUT2D eigenvalue weighted by atomic mass is 79.9. The van der Waals surface area contributed by atoms with Gasteiger partial charge in [0.15, 0.2) is 6.61 Å². The summed E-state index contributed by atoms with van der Waals surface area (Å²) in [7, 11) is 0. The Balaban J connectivity index is 1.49. The van der Waals surface area contributed by atoms with E-state index in [1.54, 1.807) is 18.2 Å². The summed E-state index contributed by atoms with van der Waals surface area (Å²) in [6.07, 6.45) is 2.59. The summed E-state index contributed by atoms with van der Waals surface area (Å²) in [4.78, 5) is 24.2. The van der Waals surface area contributed by atoms with Crippen molar-refractivity contribution in [2.75, 3.05) is 6.61 Å². The number of hydrogen-bond acceptors (Lipinski definition) is 5. The Morgan fingerprint density at radius 3 is 2.78 bits per heavy atom. The molecule has 1 heterocycles. The molecule has 0 atom stereocenters. The molecule has 0 saturated heterocycles. The van der Waals surface area contributed by atoms with Crippen LogP contribution in [0.3, 0.4) is 0 Å². The molecule has 1 aliphatic carbocycles. The van der Waals surface area contributed by atoms with Crippen molar-refractivity contribution < 1.29 is 18.7 Å². The molecule has 0 spiro atoms. The predicted molar refractivity (Wildman–Crippen MR) is 105 cm³/mol. The molecule has 6 heteroatoms. The highest BCUT2D eigenvalue weighted by molar-refractivity contribution is 9.10. The van der Waals surface area contributed by atoms with E-state index in [9.17, 15) is 9.59 Å². The molecule has 2 aromatic carbocycles. The summed E-state index contributed by atoms with van der Waals surface area (Å²) in [5.41, 5.74) is 3.04. The van der Waals surface area contributed by atoms with Gasteiger partial charge in [-0.25, -0.2) is 9.59 Å². The van der Waals surface area contributed by atoms with Crippen molar-refractivity contribution in [2.45, 2.75) is 26.2 Å². The lowest BCUT2D eigenvalue weighted by Gasteiger charge is -2.10. The average molecular weight is 429 g/mol. The number of benzene rings is 2. The van der Waals surface area contributed by atoms with E-state index in [1.807, 2.05) is 25.1 Å². The molecular weight excluding hydrogens is 412 g/mol. The van der Waals surface area contributed by atoms with E-state index in [1.165, 1.54) is 0 Å². The molecule has 0 saturated carbocycles. The number of esters is 1. The Labute approximate surface area is 164 Å². The Morgan fingerprint density at radius 1 is 1.15 bits per heavy atom. The highest BCUT2D eigenvalue weighted by Gasteiger charge is 2.20. The Hall–Kier alpha value is -2.60. The molecule has 0 bridgehead atoms. The Kier molecular flexibility index (Phi) is 4.74. The molecule has 4 rings (SSSR count). The third kappa shape index (κ3) is 3.62. The van der Waals surface area contributed by atoms with E-state index in [4.69, 9.17) is 13.9 Å². The topological polar surface area (TPSA) is 65.7 Å². The van der Waals surface area contributed by atoms with Gasteiger partial charge in [-0.15, -0.1) is 0 Å². The molecule has 0 N–H and O–H groups in total. The highest BCUT2D eigenvalue weighted by Crippen LogP contribution is 2.30. The third-order valence-electron chi connectivity index (χ3n) is 4.61. The minimum absolute atomic E-state index is 0.228. The second kappa shape index (κ2) is 7.19. The van der Waals surface area contributed by atoms with Crippen LogP contribution in [-0.2, 0) is 17.6 Å². The molecule has 0 unspecified atom stereocenters. The van der Waals surface area contributed by atoms with Crippen LogP contribution in [0.4, 0.5) is 0 Å². The predicted octanol–water partition coefficient (Wildman–Crippen LogP) is 4.34. The minimum Gasteiger partial charge on any atom is -0.481 e. The van der Waals surface area contributed by atoms with Gasteiger partial charge in [-0.05, 0) is 77.5 Å². The first-order chi connectivity index (χ1) is 13.0. The first-order valence-electron chi connectivity index (χ1n) is 8.69. The lowest BCUT2D eigenvalue weighted by molar-refractivity contribution is -0.136. The molecule has 1 aliphatic rings. The summed E-state index contributed by atoms with van der Waals surface area (Å²) >= 11 is 3.40. The lowest BCUT2D eigenvalue weighted by Crippen LogP contribution is -2.18. The second-order valence-corrected chi connectivity index (χ2v) is 7.41. The molecule has 0 radical (unpaired) electrons. The Morgan fingerprint density at radius 2 is 1.96 bits per heavy atom. The zero-order chi connectivity index (χ0) is 19.0. The molecule has 0 aliphatic heterocycles. The zero-order valence-corrected chi connectivity index (χ0v) is 16.3. The van der Waals surface area contributed by atoms with Crippen LogP contribution >= 0.6 is 15.9 Å². The molecule has 0 amide bonds. The van der Waals surface area contributed by atoms with E-state index in [0.717, 1.165) is 45.8 Å². The van der Waals surface area contributed by atoms with Crippen molar-refractivity contribution in [3.63, 3.8) is 0 Å². The smallest absolute Gasteiger partial charge is 0.349 e. The van der Waals surface area contributed by atoms with Gasteiger partial charge in [-0.3, -0.25) is 0 Å². The molecule has 138 valence electrons. The van der Waals surface area contributed by atoms with E-state index >= 15 is 0 Å². The van der Waals surface area contributed by atoms with Crippen molar-refractivity contribution in [1.29, 1.82) is 0 Å². The van der Waals surface area contributed by atoms with Crippen molar-refractivity contribution in [2.24, 2.45) is 0 Å². The van der Waals surface area contributed by atoms with Crippen LogP contribution in [-0.4, -0.2) is 12.6 Å². The number of carbonyl (C=O) groups is 1. The fraction of sp³-hybridized carbons (Fsp3) is 0.238. The van der Waals surface area contributed by atoms with Gasteiger partial charge in [0.2, 0.25) is 0 Å². The minimum atomic E-state index is -0.537. The summed E-state index contributed by atoms with van der Waals surface area (Å²) in [6, 6.07) is 10.7. The normalized spacial score (nSPS) is 12.8. The van der Waals surface area contributed by atoms with Crippen LogP contribution in [0.2, 0.25) is 0 Å². The number of aryl methyl sites for hydroxylation is 2. The van der Waals surface area contributed by atoms with Gasteiger partial charge in [0.05, 0.1) is 4.47 Å². The van der Waals surface area contributed by atoms with Gasteiger partial charge in [-0.1, -0.05) is 6.07 Å². The van der Waals surface area contributed by atoms with Crippen LogP contribution in [0.25, 0.3) is 11.0 Å². The van der Waals surface area contributed by atoms with Crippen LogP contribution < -0.4 is 15.1 Å². The number of ether oxygens (including phenoxy) is 2. The van der Waals surface area contributed by atoms with E-state index in [-0.39, 0.29) is 12.2 Å². The summed E-state index contributed by atoms with van der Waals surface area (Å²) in [5, 5.41) is 0.904. The maximum atomic E-state index is 12.1. The van der Waals surface area contributed by atoms with Gasteiger partial charge in [-0.2, -0.15) is 0 Å². The fourth-order valence-electron chi connectivity index (χ4n) is 3.35. The monoisotopic (exact) mass is 428 g/mol. The molecular formula is C21H17BrO5. The van der Waals surface area contributed by atoms with Gasteiger partial charge in [0.25, 0.3) is 0 Å². The quantitative estimate of drug-likeness (QED) is 0.351. The van der Waals surface area contributed by atoms with E-state index in [0.29, 0.717) is 17.1 Å². The van der Waals surface area contributed by atoms with Gasteiger partial charge in [0, 0.05) is 17.0 Å². The number of rotatable bonds is 4. The summed E-state index contributed by atoms with van der Waals surface area (Å²) < 4.78 is 17.0. The summed E-state index contributed by atoms with van der Waals surface area (Å²) in [6.45, 7) is 1.74. The number of fused-ring (bicyclic) bond motifs is 3. The molecule has 0 fully saturated rings. The van der Waals surface area contributed by atoms with Crippen LogP contribution in [0.1, 0.15) is 23.1 Å². The Bertz CT molecular complexity index is 1100. The number of halogens is 1. The SMILES string of the molecule is Cc1ccc(OCC(=O)Oc2ccc3c4c(c(=O)oc3c2)CCC4)c(Br)c1. The number of hydrogen-bond donors (Lipinski definition) is 0. The van der Waals surface area contributed by atoms with Gasteiger partial charge in [0.1, 0.15) is 17.1 Å². The molecule has 5 nitrogen and oxygen atoms in total. The maximum absolute atomic E-state index is 12.1. The third-order valence-corrected chi connectivity index (χ3v) is 5.23. The molecule has 3 aromatic rings. The molecule has 27 heavy (non-hydrogen) atoms. The zero-order valence-electron chi connectivity index (χ0n) is 14.7. The standard InChI is InChI=1S/C21H17BrO5/c1-12-5-8-18(17(22)9-12)25-11-20(23)26-13-6-7-15-14-3-2-4-16(14)21(24)27-19(15)10-13/h5-10H,2-4,11H2,1H3. The van der Waals surface area contributed by atoms with Crippen LogP contribution in [0, 0.1) is 6.92 Å². The van der Waals surface area contributed by atoms with Crippen LogP contribution in [0.5, 0.6) is 11.5 Å². The lowest BCUT2D eigenvalue weighted by atomic mass is 10.1. The van der Waals surface area contributed by atoms with E-state index in [2.05, 4.69) is 15.9 Å². The van der Waals surface area contributed by atoms with Crippen molar-refractivity contribution >= 4 is 32.9 Å². The maximum Gasteiger partial charge on any atom is 0.349 e. The first-order valence-corrected chi connectivity index (χ1v) is 9.49. The van der Waals surface area contributed by atoms with Gasteiger partial charge < -0.3 is 13.9 Å². The number of carbonyl (C=O) groups excluding carboxylic acids is 1. The largest absolute Gasteiger partial charge is 0.481 e. The molecule has 1 aromatic heterocycles. The van der Waals surface area contributed by atoms with E-state index < -0.39 is 5.97 Å². The second-order valence-electron chi connectivity index (χ2n) is 6.55. The van der Waals surface area contributed by atoms with Crippen molar-refractivity contribution in [1.82, 2.24) is 0 Å². The van der Waals surface area contributed by atoms with Crippen molar-refractivity contribution in [3.05, 3.63) is 68.0 Å². The first kappa shape index (κ1) is 17.8. The van der Waals surface area contributed by atoms with Crippen LogP contribution in [0.15, 0.2) is 50.1 Å².